The first kappa shape index (κ1) is 23.8. The van der Waals surface area contributed by atoms with Crippen LogP contribution in [0.3, 0.4) is 0 Å². The summed E-state index contributed by atoms with van der Waals surface area (Å²) < 4.78 is 30.4. The number of thiophene rings is 1. The van der Waals surface area contributed by atoms with Gasteiger partial charge in [0, 0.05) is 30.1 Å². The quantitative estimate of drug-likeness (QED) is 0.388. The Kier molecular flexibility index (Phi) is 6.36. The molecule has 0 saturated carbocycles. The van der Waals surface area contributed by atoms with Crippen molar-refractivity contribution in [1.82, 2.24) is 24.5 Å². The summed E-state index contributed by atoms with van der Waals surface area (Å²) in [6.45, 7) is 3.81. The van der Waals surface area contributed by atoms with E-state index in [0.29, 0.717) is 32.9 Å². The monoisotopic (exact) mass is 507 g/mol. The van der Waals surface area contributed by atoms with Gasteiger partial charge in [0.1, 0.15) is 15.4 Å². The molecule has 13 heteroatoms. The number of pyridine rings is 1. The van der Waals surface area contributed by atoms with Crippen LogP contribution in [-0.4, -0.2) is 36.4 Å². The molecule has 34 heavy (non-hydrogen) atoms. The first-order valence-electron chi connectivity index (χ1n) is 10.1. The van der Waals surface area contributed by atoms with Crippen LogP contribution in [-0.2, 0) is 18.4 Å². The maximum absolute atomic E-state index is 13.6. The minimum Gasteiger partial charge on any atom is -0.365 e. The number of hydrogen-bond donors (Lipinski definition) is 2. The fourth-order valence-corrected chi connectivity index (χ4v) is 4.71. The third kappa shape index (κ3) is 4.26. The third-order valence-electron chi connectivity index (χ3n) is 5.51. The molecule has 2 amide bonds. The molecule has 4 aromatic heterocycles. The largest absolute Gasteiger partial charge is 0.365 e. The number of rotatable bonds is 7. The van der Waals surface area contributed by atoms with Gasteiger partial charge in [0.15, 0.2) is 0 Å². The summed E-state index contributed by atoms with van der Waals surface area (Å²) in [4.78, 5) is 29.2. The van der Waals surface area contributed by atoms with Gasteiger partial charge in [0.2, 0.25) is 5.91 Å². The molecule has 0 aliphatic carbocycles. The molecule has 0 atom stereocenters. The first-order chi connectivity index (χ1) is 16.1. The van der Waals surface area contributed by atoms with Crippen LogP contribution in [0, 0.1) is 13.8 Å². The molecule has 0 saturated heterocycles. The predicted octanol–water partition coefficient (Wildman–Crippen LogP) is 4.23. The van der Waals surface area contributed by atoms with Crippen LogP contribution in [0.15, 0.2) is 18.5 Å². The van der Waals surface area contributed by atoms with E-state index in [2.05, 4.69) is 20.5 Å². The summed E-state index contributed by atoms with van der Waals surface area (Å²) >= 11 is 6.86. The average molecular weight is 508 g/mol. The number of amides is 2. The number of aromatic nitrogens is 5. The number of carbonyl (C=O) groups is 2. The van der Waals surface area contributed by atoms with Crippen LogP contribution >= 0.6 is 22.9 Å². The van der Waals surface area contributed by atoms with Gasteiger partial charge in [0.25, 0.3) is 12.3 Å². The standard InChI is InChI=1S/C21H20ClF2N7O2S/c1-9-12(7-26-30(9)3)11-6-14(19(23)24)28-21-16(11)17(18(34-21)20(25)33)29-15(32)4-5-31-10(2)13(22)8-27-31/h6-8,19H,4-5H2,1-3H3,(H2,25,33)(H,29,32). The summed E-state index contributed by atoms with van der Waals surface area (Å²) in [7, 11) is 1.72. The van der Waals surface area contributed by atoms with Crippen LogP contribution in [0.5, 0.6) is 0 Å². The molecule has 9 nitrogen and oxygen atoms in total. The number of primary amides is 1. The molecule has 4 heterocycles. The highest BCUT2D eigenvalue weighted by molar-refractivity contribution is 7.21. The van der Waals surface area contributed by atoms with Gasteiger partial charge in [-0.05, 0) is 25.5 Å². The number of nitrogens with two attached hydrogens (primary N) is 1. The number of nitrogens with zero attached hydrogens (tertiary/aromatic N) is 5. The molecule has 0 aliphatic rings. The normalized spacial score (nSPS) is 11.5. The van der Waals surface area contributed by atoms with Gasteiger partial charge in [-0.25, -0.2) is 13.8 Å². The highest BCUT2D eigenvalue weighted by atomic mass is 35.5. The lowest BCUT2D eigenvalue weighted by atomic mass is 10.0. The highest BCUT2D eigenvalue weighted by Gasteiger charge is 2.26. The zero-order chi connectivity index (χ0) is 24.7. The summed E-state index contributed by atoms with van der Waals surface area (Å²) in [5.74, 6) is -1.22. The van der Waals surface area contributed by atoms with E-state index in [0.717, 1.165) is 11.3 Å². The smallest absolute Gasteiger partial charge is 0.280 e. The van der Waals surface area contributed by atoms with E-state index in [9.17, 15) is 18.4 Å². The molecule has 4 rings (SSSR count). The molecule has 0 aromatic carbocycles. The maximum atomic E-state index is 13.6. The van der Waals surface area contributed by atoms with Gasteiger partial charge in [-0.15, -0.1) is 11.3 Å². The average Bonchev–Trinajstić information content (AvgIpc) is 3.42. The van der Waals surface area contributed by atoms with Crippen LogP contribution in [0.1, 0.15) is 39.6 Å². The van der Waals surface area contributed by atoms with E-state index in [4.69, 9.17) is 17.3 Å². The molecule has 0 spiro atoms. The number of alkyl halides is 2. The summed E-state index contributed by atoms with van der Waals surface area (Å²) in [6.07, 6.45) is 0.220. The van der Waals surface area contributed by atoms with Crippen molar-refractivity contribution in [3.05, 3.63) is 45.4 Å². The van der Waals surface area contributed by atoms with Gasteiger partial charge in [-0.2, -0.15) is 10.2 Å². The Labute approximate surface area is 201 Å². The van der Waals surface area contributed by atoms with E-state index in [1.807, 2.05) is 0 Å². The second kappa shape index (κ2) is 9.11. The molecule has 0 fully saturated rings. The summed E-state index contributed by atoms with van der Waals surface area (Å²) in [5, 5.41) is 11.9. The van der Waals surface area contributed by atoms with Gasteiger partial charge >= 0.3 is 0 Å². The van der Waals surface area contributed by atoms with Gasteiger partial charge in [-0.3, -0.25) is 19.0 Å². The van der Waals surface area contributed by atoms with Gasteiger partial charge in [0.05, 0.1) is 35.3 Å². The Bertz CT molecular complexity index is 1430. The molecule has 178 valence electrons. The van der Waals surface area contributed by atoms with E-state index in [1.165, 1.54) is 18.5 Å². The number of aryl methyl sites for hydroxylation is 2. The van der Waals surface area contributed by atoms with Crippen molar-refractivity contribution < 1.29 is 18.4 Å². The summed E-state index contributed by atoms with van der Waals surface area (Å²) in [5.41, 5.74) is 7.62. The Balaban J connectivity index is 1.80. The van der Waals surface area contributed by atoms with Crippen molar-refractivity contribution >= 4 is 50.7 Å². The van der Waals surface area contributed by atoms with Crippen molar-refractivity contribution in [2.24, 2.45) is 12.8 Å². The van der Waals surface area contributed by atoms with Gasteiger partial charge < -0.3 is 11.1 Å². The van der Waals surface area contributed by atoms with Crippen LogP contribution in [0.2, 0.25) is 5.02 Å². The van der Waals surface area contributed by atoms with Crippen LogP contribution < -0.4 is 11.1 Å². The molecule has 0 unspecified atom stereocenters. The van der Waals surface area contributed by atoms with E-state index in [1.54, 1.807) is 30.3 Å². The van der Waals surface area contributed by atoms with Crippen molar-refractivity contribution in [1.29, 1.82) is 0 Å². The molecule has 3 N–H and O–H groups in total. The lowest BCUT2D eigenvalue weighted by molar-refractivity contribution is -0.116. The number of anilines is 1. The Morgan fingerprint density at radius 3 is 2.50 bits per heavy atom. The maximum Gasteiger partial charge on any atom is 0.280 e. The zero-order valence-corrected chi connectivity index (χ0v) is 20.0. The first-order valence-corrected chi connectivity index (χ1v) is 11.3. The minimum atomic E-state index is -2.83. The van der Waals surface area contributed by atoms with Gasteiger partial charge in [-0.1, -0.05) is 11.6 Å². The molecule has 0 bridgehead atoms. The van der Waals surface area contributed by atoms with E-state index in [-0.39, 0.29) is 28.4 Å². The highest BCUT2D eigenvalue weighted by Crippen LogP contribution is 2.43. The number of hydrogen-bond acceptors (Lipinski definition) is 6. The lowest BCUT2D eigenvalue weighted by Gasteiger charge is -2.11. The van der Waals surface area contributed by atoms with Crippen molar-refractivity contribution in [2.45, 2.75) is 33.2 Å². The van der Waals surface area contributed by atoms with Crippen molar-refractivity contribution in [3.8, 4) is 11.1 Å². The second-order valence-electron chi connectivity index (χ2n) is 7.61. The fraction of sp³-hybridized carbons (Fsp3) is 0.286. The second-order valence-corrected chi connectivity index (χ2v) is 9.02. The predicted molar refractivity (Wildman–Crippen MR) is 125 cm³/mol. The molecular weight excluding hydrogens is 488 g/mol. The molecule has 0 radical (unpaired) electrons. The number of halogens is 3. The lowest BCUT2D eigenvalue weighted by Crippen LogP contribution is -2.18. The number of nitrogens with one attached hydrogen (secondary N) is 1. The Morgan fingerprint density at radius 1 is 1.21 bits per heavy atom. The molecule has 0 aliphatic heterocycles. The van der Waals surface area contributed by atoms with E-state index >= 15 is 0 Å². The summed E-state index contributed by atoms with van der Waals surface area (Å²) in [6, 6.07) is 1.25. The Morgan fingerprint density at radius 2 is 1.94 bits per heavy atom. The Hall–Kier alpha value is -3.38. The topological polar surface area (TPSA) is 121 Å². The minimum absolute atomic E-state index is 0.0170. The van der Waals surface area contributed by atoms with Crippen LogP contribution in [0.25, 0.3) is 21.3 Å². The molecular formula is C21H20ClF2N7O2S. The fourth-order valence-electron chi connectivity index (χ4n) is 3.56. The molecule has 4 aromatic rings. The number of carbonyl (C=O) groups excluding carboxylic acids is 2. The van der Waals surface area contributed by atoms with E-state index < -0.39 is 23.9 Å². The zero-order valence-electron chi connectivity index (χ0n) is 18.4. The van der Waals surface area contributed by atoms with Crippen LogP contribution in [0.4, 0.5) is 14.5 Å². The number of fused-ring (bicyclic) bond motifs is 1. The SMILES string of the molecule is Cc1c(-c2cc(C(F)F)nc3sc(C(N)=O)c(NC(=O)CCn4ncc(Cl)c4C)c23)cnn1C. The van der Waals surface area contributed by atoms with Crippen molar-refractivity contribution in [3.63, 3.8) is 0 Å². The third-order valence-corrected chi connectivity index (χ3v) is 6.98. The van der Waals surface area contributed by atoms with Crippen molar-refractivity contribution in [2.75, 3.05) is 5.32 Å².